The highest BCUT2D eigenvalue weighted by Crippen LogP contribution is 2.16. The van der Waals surface area contributed by atoms with E-state index in [0.29, 0.717) is 0 Å². The van der Waals surface area contributed by atoms with Crippen LogP contribution in [-0.4, -0.2) is 7.11 Å². The maximum Gasteiger partial charge on any atom is 0.118 e. The van der Waals surface area contributed by atoms with Gasteiger partial charge in [0.1, 0.15) is 5.75 Å². The Morgan fingerprint density at radius 3 is 2.35 bits per heavy atom. The zero-order valence-corrected chi connectivity index (χ0v) is 10.2. The maximum absolute atomic E-state index is 5.13. The summed E-state index contributed by atoms with van der Waals surface area (Å²) in [4.78, 5) is 0. The van der Waals surface area contributed by atoms with Crippen LogP contribution in [0.15, 0.2) is 48.5 Å². The van der Waals surface area contributed by atoms with Crippen LogP contribution in [0.2, 0.25) is 0 Å². The fourth-order valence-corrected chi connectivity index (χ4v) is 1.71. The number of para-hydroxylation sites is 1. The number of hydrogen-bond donors (Lipinski definition) is 1. The molecule has 2 nitrogen and oxygen atoms in total. The second-order valence-corrected chi connectivity index (χ2v) is 4.02. The minimum absolute atomic E-state index is 0.828. The number of rotatable bonds is 4. The number of nitrogens with one attached hydrogen (secondary N) is 1. The molecule has 2 heteroatoms. The van der Waals surface area contributed by atoms with Crippen LogP contribution in [0, 0.1) is 6.92 Å². The van der Waals surface area contributed by atoms with E-state index >= 15 is 0 Å². The van der Waals surface area contributed by atoms with E-state index in [2.05, 4.69) is 36.5 Å². The van der Waals surface area contributed by atoms with E-state index in [4.69, 9.17) is 4.74 Å². The van der Waals surface area contributed by atoms with Crippen LogP contribution in [0.25, 0.3) is 0 Å². The molecule has 0 bridgehead atoms. The highest BCUT2D eigenvalue weighted by atomic mass is 16.5. The molecule has 0 amide bonds. The van der Waals surface area contributed by atoms with Crippen molar-refractivity contribution >= 4 is 5.69 Å². The van der Waals surface area contributed by atoms with Gasteiger partial charge in [-0.25, -0.2) is 0 Å². The zero-order chi connectivity index (χ0) is 12.1. The molecule has 0 fully saturated rings. The lowest BCUT2D eigenvalue weighted by molar-refractivity contribution is 0.414. The van der Waals surface area contributed by atoms with Crippen molar-refractivity contribution in [3.63, 3.8) is 0 Å². The first-order chi connectivity index (χ1) is 8.29. The molecule has 0 heterocycles. The van der Waals surface area contributed by atoms with E-state index in [9.17, 15) is 0 Å². The van der Waals surface area contributed by atoms with Gasteiger partial charge in [0.2, 0.25) is 0 Å². The average Bonchev–Trinajstić information content (AvgIpc) is 2.38. The van der Waals surface area contributed by atoms with E-state index in [0.717, 1.165) is 12.3 Å². The summed E-state index contributed by atoms with van der Waals surface area (Å²) >= 11 is 0. The SMILES string of the molecule is COc1ccc(CNc2ccccc2C)cc1. The van der Waals surface area contributed by atoms with E-state index in [1.807, 2.05) is 24.3 Å². The Morgan fingerprint density at radius 1 is 1.00 bits per heavy atom. The lowest BCUT2D eigenvalue weighted by Gasteiger charge is -2.09. The highest BCUT2D eigenvalue weighted by Gasteiger charge is 1.97. The lowest BCUT2D eigenvalue weighted by atomic mass is 10.2. The van der Waals surface area contributed by atoms with E-state index < -0.39 is 0 Å². The molecule has 2 aromatic rings. The highest BCUT2D eigenvalue weighted by molar-refractivity contribution is 5.50. The summed E-state index contributed by atoms with van der Waals surface area (Å²) in [6.07, 6.45) is 0. The molecule has 0 aliphatic heterocycles. The summed E-state index contributed by atoms with van der Waals surface area (Å²) in [6, 6.07) is 16.4. The Balaban J connectivity index is 2.00. The standard InChI is InChI=1S/C15H17NO/c1-12-5-3-4-6-15(12)16-11-13-7-9-14(17-2)10-8-13/h3-10,16H,11H2,1-2H3. The first kappa shape index (κ1) is 11.5. The molecular formula is C15H17NO. The van der Waals surface area contributed by atoms with Crippen LogP contribution in [0.1, 0.15) is 11.1 Å². The molecular weight excluding hydrogens is 210 g/mol. The normalized spacial score (nSPS) is 10.0. The van der Waals surface area contributed by atoms with Crippen molar-refractivity contribution in [3.05, 3.63) is 59.7 Å². The molecule has 0 aromatic heterocycles. The van der Waals surface area contributed by atoms with Gasteiger partial charge in [0.15, 0.2) is 0 Å². The summed E-state index contributed by atoms with van der Waals surface area (Å²) in [6.45, 7) is 2.94. The molecule has 2 rings (SSSR count). The van der Waals surface area contributed by atoms with Gasteiger partial charge in [0, 0.05) is 12.2 Å². The third kappa shape index (κ3) is 3.00. The molecule has 2 aromatic carbocycles. The largest absolute Gasteiger partial charge is 0.497 e. The van der Waals surface area contributed by atoms with Gasteiger partial charge in [-0.15, -0.1) is 0 Å². The third-order valence-corrected chi connectivity index (χ3v) is 2.79. The van der Waals surface area contributed by atoms with E-state index in [-0.39, 0.29) is 0 Å². The van der Waals surface area contributed by atoms with Gasteiger partial charge in [-0.2, -0.15) is 0 Å². The van der Waals surface area contributed by atoms with Crippen LogP contribution >= 0.6 is 0 Å². The second kappa shape index (κ2) is 5.39. The summed E-state index contributed by atoms with van der Waals surface area (Å²) < 4.78 is 5.13. The number of aryl methyl sites for hydroxylation is 1. The van der Waals surface area contributed by atoms with Crippen molar-refractivity contribution in [1.82, 2.24) is 0 Å². The lowest BCUT2D eigenvalue weighted by Crippen LogP contribution is -2.00. The average molecular weight is 227 g/mol. The summed E-state index contributed by atoms with van der Waals surface area (Å²) in [7, 11) is 1.68. The predicted molar refractivity (Wildman–Crippen MR) is 71.5 cm³/mol. The topological polar surface area (TPSA) is 21.3 Å². The smallest absolute Gasteiger partial charge is 0.118 e. The monoisotopic (exact) mass is 227 g/mol. The fraction of sp³-hybridized carbons (Fsp3) is 0.200. The molecule has 0 aliphatic rings. The first-order valence-electron chi connectivity index (χ1n) is 5.72. The van der Waals surface area contributed by atoms with Gasteiger partial charge in [-0.05, 0) is 36.2 Å². The molecule has 88 valence electrons. The van der Waals surface area contributed by atoms with Gasteiger partial charge in [0.05, 0.1) is 7.11 Å². The number of anilines is 1. The van der Waals surface area contributed by atoms with Crippen molar-refractivity contribution in [2.75, 3.05) is 12.4 Å². The predicted octanol–water partition coefficient (Wildman–Crippen LogP) is 3.62. The number of ether oxygens (including phenoxy) is 1. The Hall–Kier alpha value is -1.96. The molecule has 1 N–H and O–H groups in total. The van der Waals surface area contributed by atoms with Crippen LogP contribution in [-0.2, 0) is 6.54 Å². The van der Waals surface area contributed by atoms with Gasteiger partial charge in [0.25, 0.3) is 0 Å². The second-order valence-electron chi connectivity index (χ2n) is 4.02. The van der Waals surface area contributed by atoms with Gasteiger partial charge >= 0.3 is 0 Å². The van der Waals surface area contributed by atoms with Crippen molar-refractivity contribution in [2.24, 2.45) is 0 Å². The van der Waals surface area contributed by atoms with Crippen LogP contribution < -0.4 is 10.1 Å². The summed E-state index contributed by atoms with van der Waals surface area (Å²) in [5.41, 5.74) is 3.69. The fourth-order valence-electron chi connectivity index (χ4n) is 1.71. The Bertz CT molecular complexity index is 477. The van der Waals surface area contributed by atoms with Crippen molar-refractivity contribution in [1.29, 1.82) is 0 Å². The first-order valence-corrected chi connectivity index (χ1v) is 5.72. The quantitative estimate of drug-likeness (QED) is 0.861. The third-order valence-electron chi connectivity index (χ3n) is 2.79. The minimum Gasteiger partial charge on any atom is -0.497 e. The minimum atomic E-state index is 0.828. The summed E-state index contributed by atoms with van der Waals surface area (Å²) in [5, 5.41) is 3.43. The number of methoxy groups -OCH3 is 1. The molecule has 0 aliphatic carbocycles. The van der Waals surface area contributed by atoms with Gasteiger partial charge in [-0.3, -0.25) is 0 Å². The van der Waals surface area contributed by atoms with Crippen LogP contribution in [0.5, 0.6) is 5.75 Å². The zero-order valence-electron chi connectivity index (χ0n) is 10.2. The molecule has 0 spiro atoms. The summed E-state index contributed by atoms with van der Waals surface area (Å²) in [5.74, 6) is 0.893. The van der Waals surface area contributed by atoms with Crippen molar-refractivity contribution < 1.29 is 4.74 Å². The molecule has 0 radical (unpaired) electrons. The molecule has 0 atom stereocenters. The Kier molecular flexibility index (Phi) is 3.66. The van der Waals surface area contributed by atoms with Gasteiger partial charge in [-0.1, -0.05) is 30.3 Å². The molecule has 0 unspecified atom stereocenters. The Labute approximate surface area is 102 Å². The Morgan fingerprint density at radius 2 is 1.71 bits per heavy atom. The number of benzene rings is 2. The molecule has 17 heavy (non-hydrogen) atoms. The number of hydrogen-bond acceptors (Lipinski definition) is 2. The van der Waals surface area contributed by atoms with E-state index in [1.165, 1.54) is 16.8 Å². The van der Waals surface area contributed by atoms with Gasteiger partial charge < -0.3 is 10.1 Å². The maximum atomic E-state index is 5.13. The van der Waals surface area contributed by atoms with Crippen molar-refractivity contribution in [2.45, 2.75) is 13.5 Å². The van der Waals surface area contributed by atoms with Crippen LogP contribution in [0.4, 0.5) is 5.69 Å². The molecule has 0 saturated carbocycles. The van der Waals surface area contributed by atoms with E-state index in [1.54, 1.807) is 7.11 Å². The van der Waals surface area contributed by atoms with Crippen molar-refractivity contribution in [3.8, 4) is 5.75 Å². The molecule has 0 saturated heterocycles. The van der Waals surface area contributed by atoms with Crippen LogP contribution in [0.3, 0.4) is 0 Å².